The number of nitrogens with zero attached hydrogens (tertiary/aromatic N) is 1. The first-order chi connectivity index (χ1) is 8.88. The smallest absolute Gasteiger partial charge is 0.137 e. The van der Waals surface area contributed by atoms with Crippen LogP contribution in [0, 0.1) is 0 Å². The van der Waals surface area contributed by atoms with Gasteiger partial charge in [0, 0.05) is 12.6 Å². The molecule has 1 N–H and O–H groups in total. The minimum absolute atomic E-state index is 0.0722. The third-order valence-electron chi connectivity index (χ3n) is 4.26. The van der Waals surface area contributed by atoms with Crippen molar-refractivity contribution in [1.82, 2.24) is 10.2 Å². The molecule has 1 aromatic carbocycles. The van der Waals surface area contributed by atoms with E-state index in [1.807, 2.05) is 0 Å². The molecule has 0 spiro atoms. The van der Waals surface area contributed by atoms with Crippen LogP contribution in [0.1, 0.15) is 24.0 Å². The van der Waals surface area contributed by atoms with Gasteiger partial charge < -0.3 is 10.1 Å². The number of benzene rings is 1. The monoisotopic (exact) mass is 244 g/mol. The summed E-state index contributed by atoms with van der Waals surface area (Å²) in [6.07, 6.45) is 4.33. The summed E-state index contributed by atoms with van der Waals surface area (Å²) in [5.74, 6) is 0. The Bertz CT molecular complexity index is 426. The van der Waals surface area contributed by atoms with E-state index in [-0.39, 0.29) is 6.04 Å². The number of aldehydes is 1. The van der Waals surface area contributed by atoms with Crippen molar-refractivity contribution >= 4 is 6.29 Å². The van der Waals surface area contributed by atoms with Crippen LogP contribution in [0.2, 0.25) is 0 Å². The fourth-order valence-corrected chi connectivity index (χ4v) is 3.23. The molecule has 1 saturated heterocycles. The second kappa shape index (κ2) is 5.21. The molecule has 2 aliphatic heterocycles. The topological polar surface area (TPSA) is 32.3 Å². The van der Waals surface area contributed by atoms with E-state index in [1.165, 1.54) is 11.1 Å². The number of fused-ring (bicyclic) bond motifs is 1. The Labute approximate surface area is 108 Å². The van der Waals surface area contributed by atoms with Gasteiger partial charge in [-0.05, 0) is 43.5 Å². The van der Waals surface area contributed by atoms with Crippen molar-refractivity contribution in [3.8, 4) is 0 Å². The molecule has 0 saturated carbocycles. The number of piperidine rings is 1. The molecule has 1 aromatic rings. The number of carbonyl (C=O) groups excluding carboxylic acids is 1. The van der Waals surface area contributed by atoms with Crippen LogP contribution in [-0.4, -0.2) is 36.4 Å². The van der Waals surface area contributed by atoms with E-state index in [1.54, 1.807) is 0 Å². The van der Waals surface area contributed by atoms with Crippen LogP contribution in [-0.2, 0) is 17.8 Å². The van der Waals surface area contributed by atoms with Crippen molar-refractivity contribution in [2.24, 2.45) is 0 Å². The molecule has 96 valence electrons. The first-order valence-corrected chi connectivity index (χ1v) is 6.87. The minimum atomic E-state index is 0.0722. The number of nitrogens with one attached hydrogen (secondary N) is 1. The van der Waals surface area contributed by atoms with Crippen LogP contribution < -0.4 is 5.32 Å². The lowest BCUT2D eigenvalue weighted by molar-refractivity contribution is -0.114. The molecular weight excluding hydrogens is 224 g/mol. The summed E-state index contributed by atoms with van der Waals surface area (Å²) in [4.78, 5) is 13.8. The first-order valence-electron chi connectivity index (χ1n) is 6.87. The van der Waals surface area contributed by atoms with E-state index < -0.39 is 0 Å². The van der Waals surface area contributed by atoms with Gasteiger partial charge in [0.15, 0.2) is 0 Å². The lowest BCUT2D eigenvalue weighted by Crippen LogP contribution is -2.51. The van der Waals surface area contributed by atoms with Crippen LogP contribution in [0.3, 0.4) is 0 Å². The second-order valence-electron chi connectivity index (χ2n) is 5.33. The quantitative estimate of drug-likeness (QED) is 0.797. The zero-order chi connectivity index (χ0) is 12.4. The molecule has 1 fully saturated rings. The Balaban J connectivity index is 1.83. The summed E-state index contributed by atoms with van der Waals surface area (Å²) >= 11 is 0. The maximum Gasteiger partial charge on any atom is 0.137 e. The molecule has 3 nitrogen and oxygen atoms in total. The zero-order valence-corrected chi connectivity index (χ0v) is 10.6. The van der Waals surface area contributed by atoms with E-state index in [9.17, 15) is 4.79 Å². The zero-order valence-electron chi connectivity index (χ0n) is 10.6. The maximum atomic E-state index is 11.4. The average molecular weight is 244 g/mol. The predicted molar refractivity (Wildman–Crippen MR) is 71.4 cm³/mol. The molecule has 0 amide bonds. The van der Waals surface area contributed by atoms with Crippen LogP contribution in [0.15, 0.2) is 24.3 Å². The van der Waals surface area contributed by atoms with Crippen molar-refractivity contribution in [3.05, 3.63) is 35.4 Å². The van der Waals surface area contributed by atoms with Gasteiger partial charge in [0.05, 0.1) is 6.04 Å². The summed E-state index contributed by atoms with van der Waals surface area (Å²) in [5.41, 5.74) is 2.74. The maximum absolute atomic E-state index is 11.4. The molecule has 18 heavy (non-hydrogen) atoms. The normalized spacial score (nSPS) is 25.7. The fraction of sp³-hybridized carbons (Fsp3) is 0.533. The summed E-state index contributed by atoms with van der Waals surface area (Å²) in [6.45, 7) is 3.09. The number of rotatable bonds is 2. The molecule has 2 aliphatic rings. The summed E-state index contributed by atoms with van der Waals surface area (Å²) < 4.78 is 0. The molecule has 0 bridgehead atoms. The highest BCUT2D eigenvalue weighted by molar-refractivity contribution is 5.60. The Morgan fingerprint density at radius 2 is 1.89 bits per heavy atom. The third-order valence-corrected chi connectivity index (χ3v) is 4.26. The standard InChI is InChI=1S/C15H20N2O/c18-11-15-9-12-3-1-2-4-13(12)10-17(15)14-5-7-16-8-6-14/h1-4,11,14-16H,5-10H2. The number of hydrogen-bond acceptors (Lipinski definition) is 3. The minimum Gasteiger partial charge on any atom is -0.317 e. The Kier molecular flexibility index (Phi) is 3.43. The molecule has 0 radical (unpaired) electrons. The lowest BCUT2D eigenvalue weighted by atomic mass is 9.91. The second-order valence-corrected chi connectivity index (χ2v) is 5.33. The van der Waals surface area contributed by atoms with Gasteiger partial charge in [-0.15, -0.1) is 0 Å². The molecule has 1 unspecified atom stereocenters. The van der Waals surface area contributed by atoms with E-state index in [2.05, 4.69) is 34.5 Å². The van der Waals surface area contributed by atoms with E-state index in [0.717, 1.165) is 45.2 Å². The highest BCUT2D eigenvalue weighted by Gasteiger charge is 2.31. The summed E-state index contributed by atoms with van der Waals surface area (Å²) in [5, 5.41) is 3.39. The number of hydrogen-bond donors (Lipinski definition) is 1. The van der Waals surface area contributed by atoms with E-state index in [4.69, 9.17) is 0 Å². The average Bonchev–Trinajstić information content (AvgIpc) is 2.46. The van der Waals surface area contributed by atoms with E-state index in [0.29, 0.717) is 6.04 Å². The van der Waals surface area contributed by atoms with Crippen molar-refractivity contribution in [3.63, 3.8) is 0 Å². The Morgan fingerprint density at radius 1 is 1.17 bits per heavy atom. The van der Waals surface area contributed by atoms with Crippen molar-refractivity contribution in [2.75, 3.05) is 13.1 Å². The Morgan fingerprint density at radius 3 is 2.61 bits per heavy atom. The summed E-state index contributed by atoms with van der Waals surface area (Å²) in [7, 11) is 0. The molecule has 0 aromatic heterocycles. The van der Waals surface area contributed by atoms with Gasteiger partial charge >= 0.3 is 0 Å². The number of carbonyl (C=O) groups is 1. The SMILES string of the molecule is O=CC1Cc2ccccc2CN1C1CCNCC1. The lowest BCUT2D eigenvalue weighted by Gasteiger charge is -2.41. The van der Waals surface area contributed by atoms with Crippen LogP contribution >= 0.6 is 0 Å². The van der Waals surface area contributed by atoms with Crippen LogP contribution in [0.5, 0.6) is 0 Å². The molecular formula is C15H20N2O. The van der Waals surface area contributed by atoms with Gasteiger partial charge in [0.2, 0.25) is 0 Å². The van der Waals surface area contributed by atoms with Crippen molar-refractivity contribution in [2.45, 2.75) is 37.9 Å². The highest BCUT2D eigenvalue weighted by atomic mass is 16.1. The fourth-order valence-electron chi connectivity index (χ4n) is 3.23. The van der Waals surface area contributed by atoms with E-state index >= 15 is 0 Å². The first kappa shape index (κ1) is 11.9. The molecule has 2 heterocycles. The van der Waals surface area contributed by atoms with Gasteiger partial charge in [0.1, 0.15) is 6.29 Å². The van der Waals surface area contributed by atoms with Crippen LogP contribution in [0.25, 0.3) is 0 Å². The van der Waals surface area contributed by atoms with Gasteiger partial charge in [0.25, 0.3) is 0 Å². The predicted octanol–water partition coefficient (Wildman–Crippen LogP) is 1.36. The van der Waals surface area contributed by atoms with Gasteiger partial charge in [-0.3, -0.25) is 4.90 Å². The van der Waals surface area contributed by atoms with Crippen LogP contribution in [0.4, 0.5) is 0 Å². The largest absolute Gasteiger partial charge is 0.317 e. The highest BCUT2D eigenvalue weighted by Crippen LogP contribution is 2.26. The molecule has 3 rings (SSSR count). The summed E-state index contributed by atoms with van der Waals surface area (Å²) in [6, 6.07) is 9.16. The molecule has 3 heteroatoms. The van der Waals surface area contributed by atoms with Gasteiger partial charge in [-0.2, -0.15) is 0 Å². The van der Waals surface area contributed by atoms with Crippen molar-refractivity contribution in [1.29, 1.82) is 0 Å². The van der Waals surface area contributed by atoms with Gasteiger partial charge in [-0.25, -0.2) is 0 Å². The van der Waals surface area contributed by atoms with Gasteiger partial charge in [-0.1, -0.05) is 24.3 Å². The third kappa shape index (κ3) is 2.20. The molecule has 0 aliphatic carbocycles. The Hall–Kier alpha value is -1.19. The molecule has 1 atom stereocenters. The van der Waals surface area contributed by atoms with Crippen molar-refractivity contribution < 1.29 is 4.79 Å².